The second-order valence-corrected chi connectivity index (χ2v) is 6.22. The minimum absolute atomic E-state index is 0.184. The molecule has 1 amide bonds. The number of nitrogens with two attached hydrogens (primary N) is 1. The van der Waals surface area contributed by atoms with Crippen LogP contribution in [0.25, 0.3) is 0 Å². The van der Waals surface area contributed by atoms with Gasteiger partial charge in [0, 0.05) is 3.57 Å². The highest BCUT2D eigenvalue weighted by Crippen LogP contribution is 2.28. The summed E-state index contributed by atoms with van der Waals surface area (Å²) in [5.74, 6) is -0.236. The van der Waals surface area contributed by atoms with Gasteiger partial charge in [0.25, 0.3) is 0 Å². The van der Waals surface area contributed by atoms with Crippen LogP contribution in [0, 0.1) is 8.99 Å². The Hall–Kier alpha value is -0.400. The molecule has 0 bridgehead atoms. The zero-order valence-electron chi connectivity index (χ0n) is 10.1. The zero-order valence-corrected chi connectivity index (χ0v) is 13.8. The van der Waals surface area contributed by atoms with E-state index in [9.17, 15) is 4.79 Å². The zero-order chi connectivity index (χ0) is 13.9. The van der Waals surface area contributed by atoms with Crippen LogP contribution in [0.15, 0.2) is 18.2 Å². The van der Waals surface area contributed by atoms with E-state index in [1.54, 1.807) is 19.1 Å². The van der Waals surface area contributed by atoms with E-state index in [-0.39, 0.29) is 10.9 Å². The van der Waals surface area contributed by atoms with Crippen molar-refractivity contribution in [2.45, 2.75) is 20.3 Å². The molecule has 98 valence electrons. The van der Waals surface area contributed by atoms with Crippen molar-refractivity contribution in [3.8, 4) is 0 Å². The van der Waals surface area contributed by atoms with E-state index < -0.39 is 5.41 Å². The molecule has 3 nitrogen and oxygen atoms in total. The summed E-state index contributed by atoms with van der Waals surface area (Å²) in [6.45, 7) is 3.60. The molecule has 1 unspecified atom stereocenters. The van der Waals surface area contributed by atoms with Crippen molar-refractivity contribution in [2.24, 2.45) is 11.1 Å². The van der Waals surface area contributed by atoms with E-state index in [2.05, 4.69) is 27.9 Å². The molecule has 1 aromatic rings. The standard InChI is InChI=1S/C12H14ClIN2OS/c1-3-12(2,10(15)18)11(17)16-9-5-4-7(14)6-8(9)13/h4-6H,3H2,1-2H3,(H2,15,18)(H,16,17). The average molecular weight is 397 g/mol. The van der Waals surface area contributed by atoms with E-state index in [1.807, 2.05) is 13.0 Å². The molecule has 0 saturated heterocycles. The number of carbonyl (C=O) groups is 1. The normalized spacial score (nSPS) is 13.8. The van der Waals surface area contributed by atoms with E-state index in [0.717, 1.165) is 3.57 Å². The monoisotopic (exact) mass is 396 g/mol. The Morgan fingerprint density at radius 3 is 2.67 bits per heavy atom. The van der Waals surface area contributed by atoms with Crippen molar-refractivity contribution in [2.75, 3.05) is 5.32 Å². The van der Waals surface area contributed by atoms with E-state index in [4.69, 9.17) is 29.6 Å². The molecule has 0 fully saturated rings. The third-order valence-corrected chi connectivity index (χ3v) is 4.37. The lowest BCUT2D eigenvalue weighted by molar-refractivity contribution is -0.121. The fraction of sp³-hybridized carbons (Fsp3) is 0.333. The van der Waals surface area contributed by atoms with Crippen molar-refractivity contribution in [3.63, 3.8) is 0 Å². The molecule has 0 heterocycles. The molecule has 0 aliphatic heterocycles. The summed E-state index contributed by atoms with van der Waals surface area (Å²) in [5.41, 5.74) is 5.34. The molecule has 3 N–H and O–H groups in total. The fourth-order valence-electron chi connectivity index (χ4n) is 1.30. The van der Waals surface area contributed by atoms with Crippen LogP contribution in [0.2, 0.25) is 5.02 Å². The Labute approximate surface area is 131 Å². The molecular formula is C12H14ClIN2OS. The van der Waals surface area contributed by atoms with Gasteiger partial charge in [0.15, 0.2) is 0 Å². The van der Waals surface area contributed by atoms with Gasteiger partial charge in [0.05, 0.1) is 21.1 Å². The number of anilines is 1. The highest BCUT2D eigenvalue weighted by Gasteiger charge is 2.34. The maximum Gasteiger partial charge on any atom is 0.237 e. The molecular weight excluding hydrogens is 383 g/mol. The summed E-state index contributed by atoms with van der Waals surface area (Å²) in [6, 6.07) is 5.41. The summed E-state index contributed by atoms with van der Waals surface area (Å²) in [4.78, 5) is 12.4. The Bertz CT molecular complexity index is 495. The molecule has 1 rings (SSSR count). The lowest BCUT2D eigenvalue weighted by Crippen LogP contribution is -2.43. The van der Waals surface area contributed by atoms with Gasteiger partial charge in [-0.15, -0.1) is 0 Å². The molecule has 18 heavy (non-hydrogen) atoms. The smallest absolute Gasteiger partial charge is 0.237 e. The summed E-state index contributed by atoms with van der Waals surface area (Å²) in [6.07, 6.45) is 0.538. The van der Waals surface area contributed by atoms with Crippen LogP contribution in [-0.2, 0) is 4.79 Å². The van der Waals surface area contributed by atoms with Crippen LogP contribution in [0.1, 0.15) is 20.3 Å². The average Bonchev–Trinajstić information content (AvgIpc) is 2.31. The summed E-state index contributed by atoms with van der Waals surface area (Å²) >= 11 is 13.2. The van der Waals surface area contributed by atoms with Crippen molar-refractivity contribution < 1.29 is 4.79 Å². The van der Waals surface area contributed by atoms with Crippen molar-refractivity contribution >= 4 is 63.0 Å². The molecule has 0 spiro atoms. The number of hydrogen-bond acceptors (Lipinski definition) is 2. The summed E-state index contributed by atoms with van der Waals surface area (Å²) in [5, 5.41) is 3.27. The first-order valence-corrected chi connectivity index (χ1v) is 7.24. The number of amides is 1. The number of halogens is 2. The number of thiocarbonyl (C=S) groups is 1. The molecule has 6 heteroatoms. The lowest BCUT2D eigenvalue weighted by Gasteiger charge is -2.25. The van der Waals surface area contributed by atoms with E-state index in [0.29, 0.717) is 17.1 Å². The second kappa shape index (κ2) is 6.16. The first-order valence-electron chi connectivity index (χ1n) is 5.37. The third kappa shape index (κ3) is 3.33. The topological polar surface area (TPSA) is 55.1 Å². The number of benzene rings is 1. The van der Waals surface area contributed by atoms with Crippen LogP contribution >= 0.6 is 46.4 Å². The maximum absolute atomic E-state index is 12.2. The largest absolute Gasteiger partial charge is 0.392 e. The van der Waals surface area contributed by atoms with Crippen LogP contribution < -0.4 is 11.1 Å². The van der Waals surface area contributed by atoms with Gasteiger partial charge in [-0.05, 0) is 54.1 Å². The highest BCUT2D eigenvalue weighted by atomic mass is 127. The van der Waals surface area contributed by atoms with Gasteiger partial charge < -0.3 is 11.1 Å². The van der Waals surface area contributed by atoms with Crippen LogP contribution in [-0.4, -0.2) is 10.9 Å². The first-order chi connectivity index (χ1) is 8.31. The molecule has 0 aliphatic carbocycles. The van der Waals surface area contributed by atoms with Gasteiger partial charge in [0.2, 0.25) is 5.91 Å². The van der Waals surface area contributed by atoms with Gasteiger partial charge in [-0.1, -0.05) is 30.7 Å². The van der Waals surface area contributed by atoms with Crippen molar-refractivity contribution in [1.29, 1.82) is 0 Å². The first kappa shape index (κ1) is 15.7. The summed E-state index contributed by atoms with van der Waals surface area (Å²) in [7, 11) is 0. The van der Waals surface area contributed by atoms with Crippen LogP contribution in [0.3, 0.4) is 0 Å². The Morgan fingerprint density at radius 2 is 2.22 bits per heavy atom. The van der Waals surface area contributed by atoms with Crippen molar-refractivity contribution in [1.82, 2.24) is 0 Å². The summed E-state index contributed by atoms with van der Waals surface area (Å²) < 4.78 is 1.00. The fourth-order valence-corrected chi connectivity index (χ4v) is 2.44. The Morgan fingerprint density at radius 1 is 1.61 bits per heavy atom. The second-order valence-electron chi connectivity index (χ2n) is 4.13. The highest BCUT2D eigenvalue weighted by molar-refractivity contribution is 14.1. The number of rotatable bonds is 4. The maximum atomic E-state index is 12.2. The minimum Gasteiger partial charge on any atom is -0.392 e. The van der Waals surface area contributed by atoms with Crippen molar-refractivity contribution in [3.05, 3.63) is 26.8 Å². The van der Waals surface area contributed by atoms with E-state index >= 15 is 0 Å². The Balaban J connectivity index is 2.97. The predicted molar refractivity (Wildman–Crippen MR) is 88.0 cm³/mol. The number of hydrogen-bond donors (Lipinski definition) is 2. The van der Waals surface area contributed by atoms with Crippen LogP contribution in [0.5, 0.6) is 0 Å². The van der Waals surface area contributed by atoms with Gasteiger partial charge in [-0.3, -0.25) is 4.79 Å². The number of carbonyl (C=O) groups excluding carboxylic acids is 1. The van der Waals surface area contributed by atoms with Gasteiger partial charge in [0.1, 0.15) is 0 Å². The predicted octanol–water partition coefficient (Wildman–Crippen LogP) is 3.59. The van der Waals surface area contributed by atoms with E-state index in [1.165, 1.54) is 0 Å². The minimum atomic E-state index is -0.859. The molecule has 0 radical (unpaired) electrons. The quantitative estimate of drug-likeness (QED) is 0.604. The molecule has 1 atom stereocenters. The van der Waals surface area contributed by atoms with Gasteiger partial charge in [-0.25, -0.2) is 0 Å². The molecule has 0 saturated carbocycles. The number of nitrogens with one attached hydrogen (secondary N) is 1. The molecule has 0 aromatic heterocycles. The lowest BCUT2D eigenvalue weighted by atomic mass is 9.86. The molecule has 0 aliphatic rings. The molecule has 1 aromatic carbocycles. The Kier molecular flexibility index (Phi) is 5.36. The SMILES string of the molecule is CCC(C)(C(=O)Nc1ccc(I)cc1Cl)C(N)=S. The third-order valence-electron chi connectivity index (χ3n) is 2.93. The van der Waals surface area contributed by atoms with Crippen LogP contribution in [0.4, 0.5) is 5.69 Å². The van der Waals surface area contributed by atoms with Gasteiger partial charge >= 0.3 is 0 Å². The van der Waals surface area contributed by atoms with Gasteiger partial charge in [-0.2, -0.15) is 0 Å².